The summed E-state index contributed by atoms with van der Waals surface area (Å²) in [7, 11) is 1.47. The number of carbonyl (C=O) groups excluding carboxylic acids is 2. The summed E-state index contributed by atoms with van der Waals surface area (Å²) in [4.78, 5) is 22.5. The molecule has 18 heavy (non-hydrogen) atoms. The zero-order chi connectivity index (χ0) is 13.5. The number of amides is 2. The monoisotopic (exact) mass is 248 g/mol. The van der Waals surface area contributed by atoms with E-state index >= 15 is 0 Å². The number of hydrogen-bond acceptors (Lipinski definition) is 3. The third-order valence-electron chi connectivity index (χ3n) is 1.94. The van der Waals surface area contributed by atoms with E-state index in [1.807, 2.05) is 13.8 Å². The van der Waals surface area contributed by atoms with Crippen molar-refractivity contribution in [1.82, 2.24) is 5.32 Å². The summed E-state index contributed by atoms with van der Waals surface area (Å²) in [5, 5.41) is 5.02. The van der Waals surface area contributed by atoms with Gasteiger partial charge in [0.2, 0.25) is 5.91 Å². The van der Waals surface area contributed by atoms with E-state index in [0.717, 1.165) is 5.57 Å². The predicted octanol–water partition coefficient (Wildman–Crippen LogP) is 2.31. The standard InChI is InChI=1S/C13H16N2O3/c1-9(2)7-12(16)15-10-5-4-6-11(8-10)18-13(17)14-3/h4-8H,1-3H3,(H,14,17)(H,15,16). The number of carbonyl (C=O) groups is 2. The van der Waals surface area contributed by atoms with E-state index in [9.17, 15) is 9.59 Å². The minimum atomic E-state index is -0.553. The van der Waals surface area contributed by atoms with Gasteiger partial charge in [-0.25, -0.2) is 4.79 Å². The molecule has 0 fully saturated rings. The van der Waals surface area contributed by atoms with Gasteiger partial charge in [-0.3, -0.25) is 4.79 Å². The van der Waals surface area contributed by atoms with Crippen LogP contribution in [-0.4, -0.2) is 19.0 Å². The van der Waals surface area contributed by atoms with Crippen LogP contribution >= 0.6 is 0 Å². The minimum absolute atomic E-state index is 0.216. The molecule has 0 atom stereocenters. The first-order chi connectivity index (χ1) is 8.51. The van der Waals surface area contributed by atoms with Gasteiger partial charge in [-0.15, -0.1) is 0 Å². The van der Waals surface area contributed by atoms with Gasteiger partial charge in [0.25, 0.3) is 0 Å². The maximum Gasteiger partial charge on any atom is 0.412 e. The Balaban J connectivity index is 2.73. The van der Waals surface area contributed by atoms with Crippen LogP contribution in [-0.2, 0) is 4.79 Å². The number of nitrogens with one attached hydrogen (secondary N) is 2. The Kier molecular flexibility index (Phi) is 4.92. The zero-order valence-electron chi connectivity index (χ0n) is 10.6. The first kappa shape index (κ1) is 13.8. The second-order valence-electron chi connectivity index (χ2n) is 3.88. The Labute approximate surface area is 106 Å². The molecule has 96 valence electrons. The third-order valence-corrected chi connectivity index (χ3v) is 1.94. The lowest BCUT2D eigenvalue weighted by Gasteiger charge is -2.06. The number of ether oxygens (including phenoxy) is 1. The number of benzene rings is 1. The van der Waals surface area contributed by atoms with Crippen LogP contribution in [0.5, 0.6) is 5.75 Å². The molecular formula is C13H16N2O3. The second kappa shape index (κ2) is 6.44. The number of allylic oxidation sites excluding steroid dienone is 1. The normalized spacial score (nSPS) is 9.28. The molecule has 5 heteroatoms. The van der Waals surface area contributed by atoms with E-state index in [4.69, 9.17) is 4.74 Å². The van der Waals surface area contributed by atoms with Crippen molar-refractivity contribution in [1.29, 1.82) is 0 Å². The Hall–Kier alpha value is -2.30. The Bertz CT molecular complexity index is 477. The summed E-state index contributed by atoms with van der Waals surface area (Å²) in [5.41, 5.74) is 1.48. The Morgan fingerprint density at radius 1 is 1.28 bits per heavy atom. The molecule has 5 nitrogen and oxygen atoms in total. The summed E-state index contributed by atoms with van der Waals surface area (Å²) in [5.74, 6) is 0.149. The molecule has 2 amide bonds. The Morgan fingerprint density at radius 3 is 2.61 bits per heavy atom. The van der Waals surface area contributed by atoms with Crippen LogP contribution in [0, 0.1) is 0 Å². The molecule has 0 aliphatic heterocycles. The van der Waals surface area contributed by atoms with Gasteiger partial charge in [-0.05, 0) is 26.0 Å². The molecule has 0 bridgehead atoms. The van der Waals surface area contributed by atoms with Crippen LogP contribution < -0.4 is 15.4 Å². The highest BCUT2D eigenvalue weighted by Crippen LogP contribution is 2.17. The van der Waals surface area contributed by atoms with E-state index in [-0.39, 0.29) is 5.91 Å². The Morgan fingerprint density at radius 2 is 2.00 bits per heavy atom. The van der Waals surface area contributed by atoms with Crippen molar-refractivity contribution in [3.63, 3.8) is 0 Å². The highest BCUT2D eigenvalue weighted by Gasteiger charge is 2.03. The van der Waals surface area contributed by atoms with Crippen LogP contribution in [0.1, 0.15) is 13.8 Å². The van der Waals surface area contributed by atoms with Crippen molar-refractivity contribution in [2.75, 3.05) is 12.4 Å². The van der Waals surface area contributed by atoms with Gasteiger partial charge >= 0.3 is 6.09 Å². The second-order valence-corrected chi connectivity index (χ2v) is 3.88. The molecule has 1 rings (SSSR count). The highest BCUT2D eigenvalue weighted by atomic mass is 16.5. The number of anilines is 1. The molecule has 0 aliphatic carbocycles. The van der Waals surface area contributed by atoms with E-state index in [2.05, 4.69) is 10.6 Å². The van der Waals surface area contributed by atoms with Gasteiger partial charge < -0.3 is 15.4 Å². The van der Waals surface area contributed by atoms with Gasteiger partial charge in [0.1, 0.15) is 5.75 Å². The van der Waals surface area contributed by atoms with Gasteiger partial charge in [-0.2, -0.15) is 0 Å². The van der Waals surface area contributed by atoms with Crippen LogP contribution in [0.2, 0.25) is 0 Å². The third kappa shape index (κ3) is 4.69. The van der Waals surface area contributed by atoms with E-state index in [0.29, 0.717) is 11.4 Å². The first-order valence-corrected chi connectivity index (χ1v) is 5.47. The molecule has 0 saturated carbocycles. The fraction of sp³-hybridized carbons (Fsp3) is 0.231. The van der Waals surface area contributed by atoms with Crippen LogP contribution in [0.25, 0.3) is 0 Å². The van der Waals surface area contributed by atoms with Crippen molar-refractivity contribution in [2.45, 2.75) is 13.8 Å². The first-order valence-electron chi connectivity index (χ1n) is 5.47. The largest absolute Gasteiger partial charge is 0.412 e. The minimum Gasteiger partial charge on any atom is -0.410 e. The lowest BCUT2D eigenvalue weighted by atomic mass is 10.2. The highest BCUT2D eigenvalue weighted by molar-refractivity contribution is 5.99. The molecule has 1 aromatic carbocycles. The van der Waals surface area contributed by atoms with Gasteiger partial charge in [0.05, 0.1) is 0 Å². The molecule has 2 N–H and O–H groups in total. The molecule has 0 saturated heterocycles. The summed E-state index contributed by atoms with van der Waals surface area (Å²) in [6.45, 7) is 3.68. The van der Waals surface area contributed by atoms with Crippen molar-refractivity contribution >= 4 is 17.7 Å². The van der Waals surface area contributed by atoms with E-state index in [1.165, 1.54) is 13.1 Å². The maximum absolute atomic E-state index is 11.5. The zero-order valence-corrected chi connectivity index (χ0v) is 10.6. The summed E-state index contributed by atoms with van der Waals surface area (Å²) < 4.78 is 4.95. The SMILES string of the molecule is CNC(=O)Oc1cccc(NC(=O)C=C(C)C)c1. The van der Waals surface area contributed by atoms with Crippen LogP contribution in [0.4, 0.5) is 10.5 Å². The topological polar surface area (TPSA) is 67.4 Å². The van der Waals surface area contributed by atoms with Crippen molar-refractivity contribution in [2.24, 2.45) is 0 Å². The fourth-order valence-electron chi connectivity index (χ4n) is 1.24. The molecule has 0 spiro atoms. The molecule has 1 aromatic rings. The molecule has 0 aromatic heterocycles. The smallest absolute Gasteiger partial charge is 0.410 e. The maximum atomic E-state index is 11.5. The molecular weight excluding hydrogens is 232 g/mol. The van der Waals surface area contributed by atoms with Crippen LogP contribution in [0.3, 0.4) is 0 Å². The predicted molar refractivity (Wildman–Crippen MR) is 69.6 cm³/mol. The van der Waals surface area contributed by atoms with Gasteiger partial charge in [0.15, 0.2) is 0 Å². The van der Waals surface area contributed by atoms with Crippen molar-refractivity contribution < 1.29 is 14.3 Å². The summed E-state index contributed by atoms with van der Waals surface area (Å²) in [6, 6.07) is 6.61. The molecule has 0 radical (unpaired) electrons. The van der Waals surface area contributed by atoms with E-state index < -0.39 is 6.09 Å². The summed E-state index contributed by atoms with van der Waals surface area (Å²) in [6.07, 6.45) is 0.939. The van der Waals surface area contributed by atoms with Gasteiger partial charge in [-0.1, -0.05) is 11.6 Å². The molecule has 0 unspecified atom stereocenters. The average molecular weight is 248 g/mol. The van der Waals surface area contributed by atoms with Gasteiger partial charge in [0, 0.05) is 24.9 Å². The van der Waals surface area contributed by atoms with Crippen molar-refractivity contribution in [3.05, 3.63) is 35.9 Å². The lowest BCUT2D eigenvalue weighted by molar-refractivity contribution is -0.111. The lowest BCUT2D eigenvalue weighted by Crippen LogP contribution is -2.22. The number of rotatable bonds is 3. The molecule has 0 aliphatic rings. The number of hydrogen-bond donors (Lipinski definition) is 2. The van der Waals surface area contributed by atoms with Crippen molar-refractivity contribution in [3.8, 4) is 5.75 Å². The van der Waals surface area contributed by atoms with E-state index in [1.54, 1.807) is 24.3 Å². The van der Waals surface area contributed by atoms with Crippen LogP contribution in [0.15, 0.2) is 35.9 Å². The quantitative estimate of drug-likeness (QED) is 0.806. The fourth-order valence-corrected chi connectivity index (χ4v) is 1.24. The molecule has 0 heterocycles. The summed E-state index contributed by atoms with van der Waals surface area (Å²) >= 11 is 0. The average Bonchev–Trinajstić information content (AvgIpc) is 2.28.